The van der Waals surface area contributed by atoms with Crippen LogP contribution in [0.4, 0.5) is 4.39 Å². The van der Waals surface area contributed by atoms with Crippen molar-refractivity contribution in [2.75, 3.05) is 0 Å². The molecule has 0 saturated carbocycles. The minimum atomic E-state index is -0.716. The average Bonchev–Trinajstić information content (AvgIpc) is 3.15. The van der Waals surface area contributed by atoms with Gasteiger partial charge in [-0.2, -0.15) is 4.98 Å². The van der Waals surface area contributed by atoms with Gasteiger partial charge in [-0.25, -0.2) is 14.9 Å². The minimum Gasteiger partial charge on any atom is -0.328 e. The number of carbonyl (C=O) groups is 1. The molecule has 3 N–H and O–H groups in total. The van der Waals surface area contributed by atoms with E-state index < -0.39 is 11.7 Å². The van der Waals surface area contributed by atoms with E-state index in [9.17, 15) is 9.18 Å². The van der Waals surface area contributed by atoms with Crippen LogP contribution in [-0.4, -0.2) is 31.0 Å². The van der Waals surface area contributed by atoms with Crippen molar-refractivity contribution in [1.82, 2.24) is 30.6 Å². The standard InChI is InChI=1S/C11H8FN7O2/c12-6-2-1-3-7(4-6)19-5-8(16-18-19)9-14-11(21-17-9)10(20)15-13/h1-5H,13H2,(H,15,20). The molecular formula is C11H8FN7O2. The fraction of sp³-hybridized carbons (Fsp3) is 0. The first kappa shape index (κ1) is 12.9. The summed E-state index contributed by atoms with van der Waals surface area (Å²) in [6, 6.07) is 5.81. The molecule has 21 heavy (non-hydrogen) atoms. The molecule has 0 aliphatic rings. The van der Waals surface area contributed by atoms with E-state index in [1.165, 1.54) is 23.0 Å². The van der Waals surface area contributed by atoms with Crippen molar-refractivity contribution >= 4 is 5.91 Å². The van der Waals surface area contributed by atoms with E-state index >= 15 is 0 Å². The fourth-order valence-electron chi connectivity index (χ4n) is 1.59. The third kappa shape index (κ3) is 2.47. The van der Waals surface area contributed by atoms with Crippen LogP contribution in [0.25, 0.3) is 17.2 Å². The number of nitrogens with zero attached hydrogens (tertiary/aromatic N) is 5. The summed E-state index contributed by atoms with van der Waals surface area (Å²) >= 11 is 0. The molecule has 3 aromatic rings. The lowest BCUT2D eigenvalue weighted by molar-refractivity contribution is 0.0910. The largest absolute Gasteiger partial charge is 0.328 e. The van der Waals surface area contributed by atoms with Gasteiger partial charge in [-0.15, -0.1) is 5.10 Å². The van der Waals surface area contributed by atoms with Crippen LogP contribution in [0, 0.1) is 5.82 Å². The summed E-state index contributed by atoms with van der Waals surface area (Å²) in [5.74, 6) is 3.61. The van der Waals surface area contributed by atoms with Gasteiger partial charge in [0.15, 0.2) is 5.69 Å². The van der Waals surface area contributed by atoms with Crippen LogP contribution in [0.5, 0.6) is 0 Å². The molecule has 0 spiro atoms. The number of benzene rings is 1. The summed E-state index contributed by atoms with van der Waals surface area (Å²) in [7, 11) is 0. The normalized spacial score (nSPS) is 10.6. The van der Waals surface area contributed by atoms with E-state index in [0.29, 0.717) is 5.69 Å². The smallest absolute Gasteiger partial charge is 0.323 e. The number of amides is 1. The van der Waals surface area contributed by atoms with Gasteiger partial charge in [-0.05, 0) is 18.2 Å². The van der Waals surface area contributed by atoms with E-state index in [1.54, 1.807) is 12.1 Å². The van der Waals surface area contributed by atoms with Gasteiger partial charge in [0.05, 0.1) is 11.9 Å². The van der Waals surface area contributed by atoms with Crippen molar-refractivity contribution in [2.24, 2.45) is 5.84 Å². The Labute approximate surface area is 116 Å². The van der Waals surface area contributed by atoms with E-state index in [4.69, 9.17) is 10.4 Å². The van der Waals surface area contributed by atoms with Gasteiger partial charge in [0.2, 0.25) is 5.82 Å². The van der Waals surface area contributed by atoms with E-state index in [0.717, 1.165) is 0 Å². The molecule has 10 heteroatoms. The Bertz CT molecular complexity index is 797. The van der Waals surface area contributed by atoms with Crippen molar-refractivity contribution in [1.29, 1.82) is 0 Å². The zero-order valence-electron chi connectivity index (χ0n) is 10.4. The molecule has 2 aromatic heterocycles. The van der Waals surface area contributed by atoms with E-state index in [1.807, 2.05) is 5.43 Å². The summed E-state index contributed by atoms with van der Waals surface area (Å²) in [5, 5.41) is 11.3. The van der Waals surface area contributed by atoms with Crippen LogP contribution in [0.15, 0.2) is 35.0 Å². The quantitative estimate of drug-likeness (QED) is 0.396. The predicted octanol–water partition coefficient (Wildman–Crippen LogP) is 0.0599. The third-order valence-corrected chi connectivity index (χ3v) is 2.55. The number of aromatic nitrogens is 5. The van der Waals surface area contributed by atoms with Gasteiger partial charge in [0.1, 0.15) is 5.82 Å². The molecular weight excluding hydrogens is 281 g/mol. The minimum absolute atomic E-state index is 0.0660. The molecule has 1 aromatic carbocycles. The molecule has 0 saturated heterocycles. The predicted molar refractivity (Wildman–Crippen MR) is 66.3 cm³/mol. The van der Waals surface area contributed by atoms with Crippen LogP contribution in [-0.2, 0) is 0 Å². The summed E-state index contributed by atoms with van der Waals surface area (Å²) in [5.41, 5.74) is 2.61. The second-order valence-corrected chi connectivity index (χ2v) is 3.92. The second kappa shape index (κ2) is 5.09. The molecule has 106 valence electrons. The molecule has 0 aliphatic carbocycles. The zero-order chi connectivity index (χ0) is 14.8. The monoisotopic (exact) mass is 289 g/mol. The maximum Gasteiger partial charge on any atom is 0.323 e. The highest BCUT2D eigenvalue weighted by atomic mass is 19.1. The highest BCUT2D eigenvalue weighted by molar-refractivity contribution is 5.89. The summed E-state index contributed by atoms with van der Waals surface area (Å²) < 4.78 is 19.2. The van der Waals surface area contributed by atoms with Gasteiger partial charge in [-0.1, -0.05) is 16.4 Å². The maximum absolute atomic E-state index is 13.2. The number of hydrazine groups is 1. The Morgan fingerprint density at radius 2 is 2.29 bits per heavy atom. The Balaban J connectivity index is 1.91. The summed E-state index contributed by atoms with van der Waals surface area (Å²) in [6.07, 6.45) is 1.48. The SMILES string of the molecule is NNC(=O)c1nc(-c2cn(-c3cccc(F)c3)nn2)no1. The third-order valence-electron chi connectivity index (χ3n) is 2.55. The van der Waals surface area contributed by atoms with Crippen LogP contribution in [0.2, 0.25) is 0 Å². The average molecular weight is 289 g/mol. The molecule has 9 nitrogen and oxygen atoms in total. The van der Waals surface area contributed by atoms with Crippen LogP contribution >= 0.6 is 0 Å². The Morgan fingerprint density at radius 1 is 1.43 bits per heavy atom. The molecule has 3 rings (SSSR count). The van der Waals surface area contributed by atoms with Crippen LogP contribution in [0.3, 0.4) is 0 Å². The summed E-state index contributed by atoms with van der Waals surface area (Å²) in [6.45, 7) is 0. The molecule has 0 atom stereocenters. The first-order chi connectivity index (χ1) is 10.2. The number of carbonyl (C=O) groups excluding carboxylic acids is 1. The zero-order valence-corrected chi connectivity index (χ0v) is 10.4. The highest BCUT2D eigenvalue weighted by Gasteiger charge is 2.17. The molecule has 2 heterocycles. The first-order valence-corrected chi connectivity index (χ1v) is 5.70. The lowest BCUT2D eigenvalue weighted by atomic mass is 10.3. The molecule has 0 radical (unpaired) electrons. The van der Waals surface area contributed by atoms with E-state index in [-0.39, 0.29) is 17.4 Å². The number of nitrogens with one attached hydrogen (secondary N) is 1. The second-order valence-electron chi connectivity index (χ2n) is 3.92. The van der Waals surface area contributed by atoms with Gasteiger partial charge in [-0.3, -0.25) is 10.2 Å². The van der Waals surface area contributed by atoms with Crippen molar-refractivity contribution in [3.8, 4) is 17.2 Å². The fourth-order valence-corrected chi connectivity index (χ4v) is 1.59. The number of rotatable bonds is 3. The topological polar surface area (TPSA) is 125 Å². The molecule has 1 amide bonds. The Hall–Kier alpha value is -3.14. The van der Waals surface area contributed by atoms with Crippen LogP contribution < -0.4 is 11.3 Å². The van der Waals surface area contributed by atoms with Crippen molar-refractivity contribution in [3.05, 3.63) is 42.2 Å². The van der Waals surface area contributed by atoms with Gasteiger partial charge >= 0.3 is 11.8 Å². The molecule has 0 bridgehead atoms. The number of nitrogen functional groups attached to an aromatic ring is 1. The molecule has 0 aliphatic heterocycles. The molecule has 0 unspecified atom stereocenters. The van der Waals surface area contributed by atoms with Gasteiger partial charge in [0, 0.05) is 0 Å². The maximum atomic E-state index is 13.2. The van der Waals surface area contributed by atoms with Crippen molar-refractivity contribution in [2.45, 2.75) is 0 Å². The lowest BCUT2D eigenvalue weighted by Gasteiger charge is -1.98. The van der Waals surface area contributed by atoms with Gasteiger partial charge in [0.25, 0.3) is 0 Å². The number of hydrogen-bond donors (Lipinski definition) is 2. The number of nitrogens with two attached hydrogens (primary N) is 1. The van der Waals surface area contributed by atoms with Gasteiger partial charge < -0.3 is 4.52 Å². The first-order valence-electron chi connectivity index (χ1n) is 5.70. The Kier molecular flexibility index (Phi) is 3.12. The van der Waals surface area contributed by atoms with Crippen molar-refractivity contribution in [3.63, 3.8) is 0 Å². The highest BCUT2D eigenvalue weighted by Crippen LogP contribution is 2.15. The van der Waals surface area contributed by atoms with E-state index in [2.05, 4.69) is 20.5 Å². The summed E-state index contributed by atoms with van der Waals surface area (Å²) in [4.78, 5) is 15.0. The Morgan fingerprint density at radius 3 is 3.05 bits per heavy atom. The molecule has 0 fully saturated rings. The number of halogens is 1. The lowest BCUT2D eigenvalue weighted by Crippen LogP contribution is -2.30. The number of hydrogen-bond acceptors (Lipinski definition) is 7. The van der Waals surface area contributed by atoms with Crippen molar-refractivity contribution < 1.29 is 13.7 Å². The van der Waals surface area contributed by atoms with Crippen LogP contribution in [0.1, 0.15) is 10.7 Å².